The summed E-state index contributed by atoms with van der Waals surface area (Å²) < 4.78 is 57.5. The lowest BCUT2D eigenvalue weighted by Gasteiger charge is -2.33. The Balaban J connectivity index is 0.000000277. The van der Waals surface area contributed by atoms with Gasteiger partial charge in [0.2, 0.25) is 11.6 Å². The summed E-state index contributed by atoms with van der Waals surface area (Å²) >= 11 is 0. The third kappa shape index (κ3) is 8.31. The van der Waals surface area contributed by atoms with Crippen molar-refractivity contribution >= 4 is 15.4 Å². The van der Waals surface area contributed by atoms with Crippen molar-refractivity contribution in [3.8, 4) is 0 Å². The molecule has 0 saturated carbocycles. The summed E-state index contributed by atoms with van der Waals surface area (Å²) in [4.78, 5) is 88.6. The molecule has 4 rings (SSSR count). The summed E-state index contributed by atoms with van der Waals surface area (Å²) in [6.07, 6.45) is -10.7. The van der Waals surface area contributed by atoms with Gasteiger partial charge in [-0.2, -0.15) is 8.78 Å². The average Bonchev–Trinajstić information content (AvgIpc) is 3.35. The van der Waals surface area contributed by atoms with Crippen molar-refractivity contribution in [2.45, 2.75) is 48.3 Å². The number of rotatable bonds is 5. The minimum atomic E-state index is -5.54. The molecule has 2 aromatic rings. The van der Waals surface area contributed by atoms with Gasteiger partial charge in [0.1, 0.15) is 36.6 Å². The number of ether oxygens (including phenoxy) is 2. The number of hydrogen-bond acceptors (Lipinski definition) is 14. The molecule has 0 spiro atoms. The fourth-order valence-electron chi connectivity index (χ4n) is 3.96. The molecule has 0 aliphatic carbocycles. The molecule has 0 aromatic carbocycles. The maximum absolute atomic E-state index is 13.4. The highest BCUT2D eigenvalue weighted by molar-refractivity contribution is 7.52. The first kappa shape index (κ1) is 38.3. The first-order valence-electron chi connectivity index (χ1n) is 11.7. The molecule has 0 radical (unpaired) electrons. The van der Waals surface area contributed by atoms with Gasteiger partial charge in [-0.25, -0.2) is 14.2 Å². The van der Waals surface area contributed by atoms with Gasteiger partial charge in [0.05, 0.1) is 25.6 Å². The molecule has 13 N–H and O–H groups in total. The van der Waals surface area contributed by atoms with Crippen LogP contribution in [-0.4, -0.2) is 124 Å². The van der Waals surface area contributed by atoms with Crippen LogP contribution in [0.15, 0.2) is 31.6 Å². The van der Waals surface area contributed by atoms with Gasteiger partial charge in [0, 0.05) is 0 Å². The van der Waals surface area contributed by atoms with Crippen LogP contribution in [0.5, 0.6) is 0 Å². The van der Waals surface area contributed by atoms with E-state index in [4.69, 9.17) is 38.9 Å². The van der Waals surface area contributed by atoms with E-state index in [0.717, 1.165) is 0 Å². The second-order valence-electron chi connectivity index (χ2n) is 8.97. The van der Waals surface area contributed by atoms with Crippen molar-refractivity contribution in [1.29, 1.82) is 0 Å². The Labute approximate surface area is 244 Å². The van der Waals surface area contributed by atoms with Crippen LogP contribution in [0.25, 0.3) is 0 Å². The van der Waals surface area contributed by atoms with Crippen molar-refractivity contribution in [3.63, 3.8) is 0 Å². The van der Waals surface area contributed by atoms with Gasteiger partial charge in [0.25, 0.3) is 16.6 Å². The average molecular weight is 702 g/mol. The number of H-pyrrole nitrogens is 2. The van der Waals surface area contributed by atoms with Crippen molar-refractivity contribution in [2.24, 2.45) is 0 Å². The van der Waals surface area contributed by atoms with Crippen molar-refractivity contribution < 1.29 is 82.5 Å². The second kappa shape index (κ2) is 14.3. The predicted molar refractivity (Wildman–Crippen MR) is 134 cm³/mol. The van der Waals surface area contributed by atoms with Crippen LogP contribution in [0.2, 0.25) is 0 Å². The molecule has 256 valence electrons. The lowest BCUT2D eigenvalue weighted by molar-refractivity contribution is -0.103. The molecule has 23 nitrogen and oxygen atoms in total. The fourth-order valence-corrected chi connectivity index (χ4v) is 5.16. The molecule has 2 fully saturated rings. The summed E-state index contributed by atoms with van der Waals surface area (Å²) in [7, 11) is -10.2. The minimum Gasteiger partial charge on any atom is -0.394 e. The summed E-state index contributed by atoms with van der Waals surface area (Å²) in [6.45, 7) is -1.52. The molecule has 0 bridgehead atoms. The molecule has 2 aliphatic heterocycles. The van der Waals surface area contributed by atoms with E-state index in [1.165, 1.54) is 4.98 Å². The van der Waals surface area contributed by atoms with Crippen molar-refractivity contribution in [1.82, 2.24) is 19.1 Å². The van der Waals surface area contributed by atoms with Gasteiger partial charge in [-0.1, -0.05) is 0 Å². The summed E-state index contributed by atoms with van der Waals surface area (Å²) in [6, 6.07) is 0. The molecular weight excluding hydrogens is 676 g/mol. The molecule has 45 heavy (non-hydrogen) atoms. The highest BCUT2D eigenvalue weighted by atomic mass is 31.2. The van der Waals surface area contributed by atoms with Crippen LogP contribution >= 0.6 is 15.4 Å². The number of aliphatic hydroxyl groups excluding tert-OH is 6. The lowest BCUT2D eigenvalue weighted by atomic mass is 10.1. The smallest absolute Gasteiger partial charge is 0.394 e. The van der Waals surface area contributed by atoms with Crippen molar-refractivity contribution in [2.75, 3.05) is 13.2 Å². The molecule has 2 aliphatic rings. The minimum absolute atomic E-state index is 0.0476. The Morgan fingerprint density at radius 2 is 1.24 bits per heavy atom. The Kier molecular flexibility index (Phi) is 12.2. The number of phosphoric acid groups is 1. The van der Waals surface area contributed by atoms with Crippen LogP contribution in [-0.2, 0) is 24.1 Å². The van der Waals surface area contributed by atoms with Crippen LogP contribution in [0.4, 0.5) is 8.78 Å². The summed E-state index contributed by atoms with van der Waals surface area (Å²) in [5.74, 6) is -2.81. The highest BCUT2D eigenvalue weighted by Crippen LogP contribution is 2.60. The Morgan fingerprint density at radius 3 is 1.67 bits per heavy atom. The summed E-state index contributed by atoms with van der Waals surface area (Å²) in [5.41, 5.74) is -8.31. The molecule has 2 aromatic heterocycles. The molecule has 2 saturated heterocycles. The van der Waals surface area contributed by atoms with Crippen LogP contribution < -0.4 is 22.5 Å². The van der Waals surface area contributed by atoms with E-state index in [0.29, 0.717) is 10.8 Å². The van der Waals surface area contributed by atoms with E-state index in [-0.39, 0.29) is 10.8 Å². The zero-order valence-corrected chi connectivity index (χ0v) is 23.6. The zero-order chi connectivity index (χ0) is 34.8. The molecule has 27 heteroatoms. The zero-order valence-electron chi connectivity index (χ0n) is 21.8. The van der Waals surface area contributed by atoms with Crippen molar-refractivity contribution in [3.05, 3.63) is 65.7 Å². The first-order chi connectivity index (χ1) is 20.5. The maximum atomic E-state index is 13.4. The Morgan fingerprint density at radius 1 is 0.778 bits per heavy atom. The second-order valence-corrected chi connectivity index (χ2v) is 11.7. The molecule has 0 amide bonds. The van der Waals surface area contributed by atoms with Gasteiger partial charge in [-0.15, -0.1) is 0 Å². The standard InChI is InChI=1S/C9H12FN2O9P.C9H11FN2O6.H3O4P/c10-3-1-12(8(17)11-7(3)16)9(22(18,19)20)6(15)5(14)4(2-13)21-9;10-3-1-12(9(17)11-7(3)16)8-6(15)5(14)4(2-13)18-8;1-5(2,3)4/h1,4-6,13-15H,2H2,(H,11,16,17)(H2,18,19,20);1,4-6,8,13-15H,2H2,(H,11,16,17);(H3,1,2,3,4)/t4-,5-,6-,9+;4-,5-,6-,8-;/m11./s1. The van der Waals surface area contributed by atoms with E-state index in [2.05, 4.69) is 0 Å². The highest BCUT2D eigenvalue weighted by Gasteiger charge is 2.66. The third-order valence-electron chi connectivity index (χ3n) is 5.97. The first-order valence-corrected chi connectivity index (χ1v) is 14.8. The number of aliphatic hydroxyl groups is 6. The van der Waals surface area contributed by atoms with Crippen LogP contribution in [0.1, 0.15) is 6.23 Å². The Hall–Kier alpha value is -2.84. The number of nitrogens with zero attached hydrogens (tertiary/aromatic N) is 2. The van der Waals surface area contributed by atoms with Crippen LogP contribution in [0.3, 0.4) is 0 Å². The van der Waals surface area contributed by atoms with E-state index in [1.807, 2.05) is 0 Å². The van der Waals surface area contributed by atoms with E-state index in [1.54, 1.807) is 4.98 Å². The normalized spacial score (nSPS) is 29.8. The van der Waals surface area contributed by atoms with Gasteiger partial charge in [-0.05, 0) is 0 Å². The molecule has 4 heterocycles. The van der Waals surface area contributed by atoms with Gasteiger partial charge in [0.15, 0.2) is 6.23 Å². The summed E-state index contributed by atoms with van der Waals surface area (Å²) in [5, 5.41) is 56.6. The van der Waals surface area contributed by atoms with E-state index >= 15 is 0 Å². The third-order valence-corrected chi connectivity index (χ3v) is 7.39. The van der Waals surface area contributed by atoms with E-state index < -0.39 is 111 Å². The maximum Gasteiger partial charge on any atom is 0.466 e. The van der Waals surface area contributed by atoms with E-state index in [9.17, 15) is 62.7 Å². The van der Waals surface area contributed by atoms with Gasteiger partial charge < -0.3 is 64.6 Å². The fraction of sp³-hybridized carbons (Fsp3) is 0.556. The molecule has 0 unspecified atom stereocenters. The number of aromatic amines is 2. The van der Waals surface area contributed by atoms with Crippen LogP contribution in [0, 0.1) is 11.6 Å². The van der Waals surface area contributed by atoms with Gasteiger partial charge >= 0.3 is 26.8 Å². The number of aromatic nitrogens is 4. The quantitative estimate of drug-likeness (QED) is 0.129. The topological polar surface area (TPSA) is 385 Å². The molecular formula is C18H26F2N4O19P2. The number of nitrogens with one attached hydrogen (secondary N) is 2. The largest absolute Gasteiger partial charge is 0.466 e. The Bertz CT molecular complexity index is 1680. The molecule has 8 atom stereocenters. The predicted octanol–water partition coefficient (Wildman–Crippen LogP) is -7.06. The number of hydrogen-bond donors (Lipinski definition) is 13. The van der Waals surface area contributed by atoms with Gasteiger partial charge in [-0.3, -0.25) is 33.3 Å². The lowest BCUT2D eigenvalue weighted by Crippen LogP contribution is -2.51. The SMILES string of the molecule is O=P(O)(O)O.O=c1[nH]c(=O)n([C@@H]2O[C@H](CO)[C@@H](O)[C@H]2O)cc1F.O=c1[nH]c(=O)n([C@]2(P(=O)(O)O)O[C@H](CO)[C@@H](O)[C@H]2O)cc1F. The number of halogens is 2. The monoisotopic (exact) mass is 702 g/mol.